The number of carboxylic acids is 1. The molecule has 1 radical (unpaired) electrons. The van der Waals surface area contributed by atoms with Crippen LogP contribution in [0.4, 0.5) is 0 Å². The van der Waals surface area contributed by atoms with Crippen LogP contribution in [0.25, 0.3) is 10.9 Å². The number of carbonyl (C=O) groups is 1. The van der Waals surface area contributed by atoms with Crippen LogP contribution in [0.15, 0.2) is 24.4 Å². The third-order valence-corrected chi connectivity index (χ3v) is 1.77. The molecule has 0 unspecified atom stereocenters. The highest BCUT2D eigenvalue weighted by atomic mass is 16.4. The van der Waals surface area contributed by atoms with Gasteiger partial charge in [-0.15, -0.1) is 0 Å². The number of hydrogen-bond acceptors (Lipinski definition) is 2. The highest BCUT2D eigenvalue weighted by Gasteiger charge is 2.04. The molecule has 0 aliphatic rings. The third kappa shape index (κ3) is 1.38. The van der Waals surface area contributed by atoms with Crippen molar-refractivity contribution < 1.29 is 9.90 Å². The van der Waals surface area contributed by atoms with Crippen molar-refractivity contribution in [1.82, 2.24) is 9.78 Å². The molecule has 13 heavy (non-hydrogen) atoms. The van der Waals surface area contributed by atoms with Gasteiger partial charge in [0.05, 0.1) is 11.7 Å². The number of benzene rings is 1. The van der Waals surface area contributed by atoms with Crippen molar-refractivity contribution in [2.75, 3.05) is 0 Å². The van der Waals surface area contributed by atoms with Crippen molar-refractivity contribution in [2.45, 2.75) is 6.54 Å². The molecule has 2 rings (SSSR count). The lowest BCUT2D eigenvalue weighted by molar-refractivity contribution is -0.137. The van der Waals surface area contributed by atoms with Crippen LogP contribution < -0.4 is 0 Å². The van der Waals surface area contributed by atoms with E-state index in [1.54, 1.807) is 24.4 Å². The molecule has 0 aliphatic carbocycles. The minimum atomic E-state index is -0.891. The molecular weight excluding hydrogens is 168 g/mol. The Labute approximate surface area is 74.4 Å². The van der Waals surface area contributed by atoms with Gasteiger partial charge in [-0.25, -0.2) is 0 Å². The zero-order valence-corrected chi connectivity index (χ0v) is 6.77. The van der Waals surface area contributed by atoms with Crippen molar-refractivity contribution in [1.29, 1.82) is 0 Å². The van der Waals surface area contributed by atoms with E-state index in [2.05, 4.69) is 11.2 Å². The Hall–Kier alpha value is -1.84. The first-order valence-corrected chi connectivity index (χ1v) is 3.81. The molecule has 0 saturated carbocycles. The highest BCUT2D eigenvalue weighted by molar-refractivity contribution is 5.79. The Balaban J connectivity index is 2.51. The molecule has 1 N–H and O–H groups in total. The number of aromatic nitrogens is 2. The van der Waals surface area contributed by atoms with Crippen molar-refractivity contribution in [3.63, 3.8) is 0 Å². The van der Waals surface area contributed by atoms with Gasteiger partial charge in [0.1, 0.15) is 6.54 Å². The van der Waals surface area contributed by atoms with Crippen molar-refractivity contribution >= 4 is 16.9 Å². The van der Waals surface area contributed by atoms with Gasteiger partial charge < -0.3 is 5.11 Å². The van der Waals surface area contributed by atoms with E-state index < -0.39 is 5.97 Å². The van der Waals surface area contributed by atoms with Gasteiger partial charge >= 0.3 is 5.97 Å². The Bertz CT molecular complexity index is 448. The summed E-state index contributed by atoms with van der Waals surface area (Å²) in [6.45, 7) is -0.104. The zero-order chi connectivity index (χ0) is 9.26. The fourth-order valence-corrected chi connectivity index (χ4v) is 1.22. The normalized spacial score (nSPS) is 10.5. The number of carboxylic acid groups (broad SMARTS) is 1. The first-order chi connectivity index (χ1) is 6.27. The van der Waals surface area contributed by atoms with Gasteiger partial charge in [0.2, 0.25) is 0 Å². The maximum atomic E-state index is 10.4. The lowest BCUT2D eigenvalue weighted by atomic mass is 10.3. The van der Waals surface area contributed by atoms with Crippen LogP contribution in [0.3, 0.4) is 0 Å². The third-order valence-electron chi connectivity index (χ3n) is 1.77. The molecular formula is C9H7N2O2. The quantitative estimate of drug-likeness (QED) is 0.738. The monoisotopic (exact) mass is 175 g/mol. The van der Waals surface area contributed by atoms with Gasteiger partial charge in [-0.1, -0.05) is 6.07 Å². The van der Waals surface area contributed by atoms with Crippen molar-refractivity contribution in [3.05, 3.63) is 30.5 Å². The maximum absolute atomic E-state index is 10.4. The molecule has 0 atom stereocenters. The molecule has 1 aromatic carbocycles. The van der Waals surface area contributed by atoms with E-state index in [9.17, 15) is 4.79 Å². The standard InChI is InChI=1S/C9H7N2O2/c12-9(13)6-11-8-4-2-1-3-7(8)5-10-11/h2-5H,6H2,(H,12,13). The molecule has 0 fully saturated rings. The fourth-order valence-electron chi connectivity index (χ4n) is 1.22. The van der Waals surface area contributed by atoms with E-state index in [1.807, 2.05) is 0 Å². The number of nitrogens with zero attached hydrogens (tertiary/aromatic N) is 2. The molecule has 4 nitrogen and oxygen atoms in total. The number of rotatable bonds is 2. The second kappa shape index (κ2) is 2.90. The Morgan fingerprint density at radius 1 is 1.69 bits per heavy atom. The predicted molar refractivity (Wildman–Crippen MR) is 46.2 cm³/mol. The van der Waals surface area contributed by atoms with Gasteiger partial charge in [0.25, 0.3) is 0 Å². The summed E-state index contributed by atoms with van der Waals surface area (Å²) in [5.41, 5.74) is 0.821. The molecule has 0 amide bonds. The zero-order valence-electron chi connectivity index (χ0n) is 6.77. The minimum absolute atomic E-state index is 0.104. The predicted octanol–water partition coefficient (Wildman–Crippen LogP) is 0.921. The van der Waals surface area contributed by atoms with Crippen LogP contribution in [0.2, 0.25) is 0 Å². The van der Waals surface area contributed by atoms with Crippen LogP contribution in [-0.2, 0) is 11.3 Å². The minimum Gasteiger partial charge on any atom is -0.480 e. The van der Waals surface area contributed by atoms with Gasteiger partial charge in [0.15, 0.2) is 0 Å². The number of hydrogen-bond donors (Lipinski definition) is 1. The van der Waals surface area contributed by atoms with Crippen molar-refractivity contribution in [2.24, 2.45) is 0 Å². The van der Waals surface area contributed by atoms with Crippen LogP contribution in [0.5, 0.6) is 0 Å². The van der Waals surface area contributed by atoms with Gasteiger partial charge in [-0.05, 0) is 18.2 Å². The second-order valence-corrected chi connectivity index (χ2v) is 2.68. The smallest absolute Gasteiger partial charge is 0.325 e. The summed E-state index contributed by atoms with van der Waals surface area (Å²) in [5, 5.41) is 13.4. The second-order valence-electron chi connectivity index (χ2n) is 2.68. The van der Waals surface area contributed by atoms with E-state index in [0.717, 1.165) is 10.9 Å². The van der Waals surface area contributed by atoms with E-state index in [1.165, 1.54) is 4.68 Å². The van der Waals surface area contributed by atoms with Crippen LogP contribution >= 0.6 is 0 Å². The fraction of sp³-hybridized carbons (Fsp3) is 0.111. The van der Waals surface area contributed by atoms with E-state index >= 15 is 0 Å². The Morgan fingerprint density at radius 3 is 3.31 bits per heavy atom. The van der Waals surface area contributed by atoms with Crippen LogP contribution in [0, 0.1) is 6.07 Å². The summed E-state index contributed by atoms with van der Waals surface area (Å²) in [6.07, 6.45) is 1.63. The van der Waals surface area contributed by atoms with Gasteiger partial charge in [-0.2, -0.15) is 5.10 Å². The van der Waals surface area contributed by atoms with Gasteiger partial charge in [-0.3, -0.25) is 9.48 Å². The average molecular weight is 175 g/mol. The number of aliphatic carboxylic acids is 1. The lowest BCUT2D eigenvalue weighted by Gasteiger charge is -1.97. The summed E-state index contributed by atoms with van der Waals surface area (Å²) >= 11 is 0. The molecule has 0 saturated heterocycles. The highest BCUT2D eigenvalue weighted by Crippen LogP contribution is 2.11. The molecule has 4 heteroatoms. The van der Waals surface area contributed by atoms with E-state index in [4.69, 9.17) is 5.11 Å². The van der Waals surface area contributed by atoms with Crippen molar-refractivity contribution in [3.8, 4) is 0 Å². The molecule has 2 aromatic rings. The lowest BCUT2D eigenvalue weighted by Crippen LogP contribution is -2.09. The first kappa shape index (κ1) is 7.79. The first-order valence-electron chi connectivity index (χ1n) is 3.81. The summed E-state index contributed by atoms with van der Waals surface area (Å²) in [5.74, 6) is -0.891. The summed E-state index contributed by atoms with van der Waals surface area (Å²) < 4.78 is 1.45. The largest absolute Gasteiger partial charge is 0.480 e. The molecule has 0 aliphatic heterocycles. The summed E-state index contributed by atoms with van der Waals surface area (Å²) in [7, 11) is 0. The summed E-state index contributed by atoms with van der Waals surface area (Å²) in [4.78, 5) is 10.4. The molecule has 0 bridgehead atoms. The number of fused-ring (bicyclic) bond motifs is 1. The maximum Gasteiger partial charge on any atom is 0.325 e. The van der Waals surface area contributed by atoms with Crippen LogP contribution in [0.1, 0.15) is 0 Å². The average Bonchev–Trinajstić information content (AvgIpc) is 2.48. The Morgan fingerprint density at radius 2 is 2.54 bits per heavy atom. The summed E-state index contributed by atoms with van der Waals surface area (Å²) in [6, 6.07) is 8.22. The molecule has 0 spiro atoms. The van der Waals surface area contributed by atoms with E-state index in [-0.39, 0.29) is 6.54 Å². The topological polar surface area (TPSA) is 55.1 Å². The molecule has 65 valence electrons. The Kier molecular flexibility index (Phi) is 1.73. The van der Waals surface area contributed by atoms with Crippen LogP contribution in [-0.4, -0.2) is 20.9 Å². The molecule has 1 heterocycles. The SMILES string of the molecule is O=C(O)Cn1ncc2c[c]ccc21. The van der Waals surface area contributed by atoms with Gasteiger partial charge in [0, 0.05) is 5.39 Å². The van der Waals surface area contributed by atoms with E-state index in [0.29, 0.717) is 0 Å². The molecule has 1 aromatic heterocycles.